The summed E-state index contributed by atoms with van der Waals surface area (Å²) in [7, 11) is 0. The van der Waals surface area contributed by atoms with Gasteiger partial charge < -0.3 is 25.1 Å². The van der Waals surface area contributed by atoms with Crippen molar-refractivity contribution in [3.8, 4) is 5.69 Å². The Morgan fingerprint density at radius 3 is 2.58 bits per heavy atom. The quantitative estimate of drug-likeness (QED) is 0.500. The summed E-state index contributed by atoms with van der Waals surface area (Å²) in [6.45, 7) is 1.50. The molecule has 2 fully saturated rings. The molecular formula is C23H21ClF4N4O4. The maximum absolute atomic E-state index is 13.9. The van der Waals surface area contributed by atoms with Crippen LogP contribution in [0.2, 0.25) is 5.02 Å². The second-order valence-corrected chi connectivity index (χ2v) is 8.96. The van der Waals surface area contributed by atoms with Gasteiger partial charge in [0, 0.05) is 5.56 Å². The molecular weight excluding hydrogens is 508 g/mol. The molecule has 5 rings (SSSR count). The zero-order valence-electron chi connectivity index (χ0n) is 18.7. The van der Waals surface area contributed by atoms with Crippen LogP contribution in [0, 0.1) is 12.7 Å². The molecule has 6 atom stereocenters. The third-order valence-electron chi connectivity index (χ3n) is 6.10. The van der Waals surface area contributed by atoms with E-state index in [2.05, 4.69) is 10.1 Å². The summed E-state index contributed by atoms with van der Waals surface area (Å²) >= 11 is 5.80. The molecule has 3 aromatic rings. The van der Waals surface area contributed by atoms with Crippen LogP contribution < -0.4 is 5.73 Å². The number of aryl methyl sites for hydroxylation is 1. The number of hydrogen-bond acceptors (Lipinski definition) is 7. The van der Waals surface area contributed by atoms with Crippen LogP contribution in [0.1, 0.15) is 35.2 Å². The largest absolute Gasteiger partial charge is 0.418 e. The summed E-state index contributed by atoms with van der Waals surface area (Å²) in [5.41, 5.74) is 5.18. The number of aliphatic hydroxyl groups excluding tert-OH is 1. The molecule has 0 bridgehead atoms. The second kappa shape index (κ2) is 9.36. The summed E-state index contributed by atoms with van der Waals surface area (Å²) in [5, 5.41) is 14.5. The van der Waals surface area contributed by atoms with E-state index < -0.39 is 65.0 Å². The predicted molar refractivity (Wildman–Crippen MR) is 118 cm³/mol. The van der Waals surface area contributed by atoms with Gasteiger partial charge in [0.05, 0.1) is 28.9 Å². The SMILES string of the molecule is Cc1nc([C@@H]2OC3COC(c4ccccc4)O[C@@H]3C(N)C2O)n(-c2cc(Cl)c(F)cc2C(F)(F)F)n1. The third-order valence-corrected chi connectivity index (χ3v) is 6.39. The highest BCUT2D eigenvalue weighted by Gasteiger charge is 2.50. The van der Waals surface area contributed by atoms with Gasteiger partial charge in [0.15, 0.2) is 12.1 Å². The van der Waals surface area contributed by atoms with E-state index in [-0.39, 0.29) is 24.3 Å². The molecule has 2 aromatic carbocycles. The lowest BCUT2D eigenvalue weighted by Gasteiger charge is -2.46. The highest BCUT2D eigenvalue weighted by molar-refractivity contribution is 6.30. The topological polar surface area (TPSA) is 105 Å². The molecule has 1 aromatic heterocycles. The minimum absolute atomic E-state index is 0.0461. The first kappa shape index (κ1) is 25.1. The Bertz CT molecular complexity index is 1260. The molecule has 13 heteroatoms. The molecule has 2 aliphatic heterocycles. The summed E-state index contributed by atoms with van der Waals surface area (Å²) in [4.78, 5) is 4.20. The third kappa shape index (κ3) is 4.49. The predicted octanol–water partition coefficient (Wildman–Crippen LogP) is 3.63. The molecule has 2 saturated heterocycles. The number of fused-ring (bicyclic) bond motifs is 1. The molecule has 0 aliphatic carbocycles. The van der Waals surface area contributed by atoms with Crippen LogP contribution in [0.4, 0.5) is 17.6 Å². The van der Waals surface area contributed by atoms with E-state index in [0.29, 0.717) is 0 Å². The lowest BCUT2D eigenvalue weighted by atomic mass is 9.92. The van der Waals surface area contributed by atoms with Crippen molar-refractivity contribution in [2.45, 2.75) is 49.8 Å². The summed E-state index contributed by atoms with van der Waals surface area (Å²) in [6, 6.07) is 9.21. The number of rotatable bonds is 3. The molecule has 8 nitrogen and oxygen atoms in total. The van der Waals surface area contributed by atoms with Crippen molar-refractivity contribution >= 4 is 11.6 Å². The fourth-order valence-corrected chi connectivity index (χ4v) is 4.55. The van der Waals surface area contributed by atoms with E-state index in [1.54, 1.807) is 0 Å². The number of aliphatic hydroxyl groups is 1. The van der Waals surface area contributed by atoms with E-state index in [9.17, 15) is 22.7 Å². The number of aromatic nitrogens is 3. The van der Waals surface area contributed by atoms with Gasteiger partial charge >= 0.3 is 6.18 Å². The Morgan fingerprint density at radius 2 is 1.89 bits per heavy atom. The van der Waals surface area contributed by atoms with Gasteiger partial charge in [-0.05, 0) is 19.1 Å². The molecule has 0 amide bonds. The first-order valence-electron chi connectivity index (χ1n) is 11.0. The maximum Gasteiger partial charge on any atom is 0.418 e. The van der Waals surface area contributed by atoms with E-state index >= 15 is 0 Å². The van der Waals surface area contributed by atoms with Crippen LogP contribution in [-0.2, 0) is 20.4 Å². The monoisotopic (exact) mass is 528 g/mol. The van der Waals surface area contributed by atoms with E-state index in [1.807, 2.05) is 30.3 Å². The van der Waals surface area contributed by atoms with E-state index in [1.165, 1.54) is 6.92 Å². The van der Waals surface area contributed by atoms with Crippen LogP contribution in [-0.4, -0.2) is 50.8 Å². The second-order valence-electron chi connectivity index (χ2n) is 8.55. The van der Waals surface area contributed by atoms with Crippen molar-refractivity contribution in [3.63, 3.8) is 0 Å². The molecule has 4 unspecified atom stereocenters. The van der Waals surface area contributed by atoms with E-state index in [0.717, 1.165) is 16.3 Å². The van der Waals surface area contributed by atoms with Crippen molar-refractivity contribution < 1.29 is 36.9 Å². The van der Waals surface area contributed by atoms with Crippen molar-refractivity contribution in [3.05, 3.63) is 76.1 Å². The molecule has 192 valence electrons. The number of ether oxygens (including phenoxy) is 3. The molecule has 3 heterocycles. The fraction of sp³-hybridized carbons (Fsp3) is 0.391. The van der Waals surface area contributed by atoms with Gasteiger partial charge in [-0.25, -0.2) is 14.1 Å². The number of alkyl halides is 3. The van der Waals surface area contributed by atoms with Gasteiger partial charge in [-0.15, -0.1) is 0 Å². The average Bonchev–Trinajstić information content (AvgIpc) is 3.23. The first-order valence-corrected chi connectivity index (χ1v) is 11.3. The average molecular weight is 529 g/mol. The van der Waals surface area contributed by atoms with Gasteiger partial charge in [-0.3, -0.25) is 0 Å². The van der Waals surface area contributed by atoms with Gasteiger partial charge in [0.1, 0.15) is 36.1 Å². The number of halogens is 5. The van der Waals surface area contributed by atoms with Crippen molar-refractivity contribution in [2.75, 3.05) is 6.61 Å². The zero-order chi connectivity index (χ0) is 25.8. The van der Waals surface area contributed by atoms with Gasteiger partial charge in [0.25, 0.3) is 0 Å². The minimum Gasteiger partial charge on any atom is -0.388 e. The Morgan fingerprint density at radius 1 is 1.17 bits per heavy atom. The highest BCUT2D eigenvalue weighted by atomic mass is 35.5. The van der Waals surface area contributed by atoms with Crippen LogP contribution in [0.15, 0.2) is 42.5 Å². The number of nitrogens with zero attached hydrogens (tertiary/aromatic N) is 3. The fourth-order valence-electron chi connectivity index (χ4n) is 4.40. The lowest BCUT2D eigenvalue weighted by Crippen LogP contribution is -2.62. The van der Waals surface area contributed by atoms with Crippen LogP contribution in [0.3, 0.4) is 0 Å². The standard InChI is InChI=1S/C23H21ClF4N4O4/c1-10-30-21(32(31-10)15-8-13(24)14(25)7-12(15)23(26,27)28)20-18(33)17(29)19-16(35-20)9-34-22(36-19)11-5-3-2-4-6-11/h2-8,16-20,22,33H,9,29H2,1H3/t16?,17?,18?,19-,20+,22?/m0/s1. The molecule has 2 aliphatic rings. The Balaban J connectivity index is 1.49. The lowest BCUT2D eigenvalue weighted by molar-refractivity contribution is -0.309. The summed E-state index contributed by atoms with van der Waals surface area (Å²) in [5.74, 6) is -1.31. The van der Waals surface area contributed by atoms with Crippen LogP contribution >= 0.6 is 11.6 Å². The number of benzene rings is 2. The number of nitrogens with two attached hydrogens (primary N) is 1. The normalized spacial score (nSPS) is 28.7. The molecule has 0 radical (unpaired) electrons. The van der Waals surface area contributed by atoms with Crippen LogP contribution in [0.25, 0.3) is 5.69 Å². The molecule has 0 spiro atoms. The van der Waals surface area contributed by atoms with Gasteiger partial charge in [-0.2, -0.15) is 18.3 Å². The van der Waals surface area contributed by atoms with Crippen molar-refractivity contribution in [2.24, 2.45) is 5.73 Å². The Labute approximate surface area is 207 Å². The molecule has 3 N–H and O–H groups in total. The zero-order valence-corrected chi connectivity index (χ0v) is 19.4. The van der Waals surface area contributed by atoms with Crippen molar-refractivity contribution in [1.29, 1.82) is 0 Å². The smallest absolute Gasteiger partial charge is 0.388 e. The summed E-state index contributed by atoms with van der Waals surface area (Å²) in [6.07, 6.45) is -9.88. The van der Waals surface area contributed by atoms with E-state index in [4.69, 9.17) is 31.5 Å². The summed E-state index contributed by atoms with van der Waals surface area (Å²) < 4.78 is 73.8. The minimum atomic E-state index is -4.93. The highest BCUT2D eigenvalue weighted by Crippen LogP contribution is 2.41. The van der Waals surface area contributed by atoms with Gasteiger partial charge in [0.2, 0.25) is 0 Å². The van der Waals surface area contributed by atoms with Crippen molar-refractivity contribution in [1.82, 2.24) is 14.8 Å². The first-order chi connectivity index (χ1) is 17.0. The van der Waals surface area contributed by atoms with Gasteiger partial charge in [-0.1, -0.05) is 41.9 Å². The number of hydrogen-bond donors (Lipinski definition) is 2. The Hall–Kier alpha value is -2.61. The molecule has 36 heavy (non-hydrogen) atoms. The van der Waals surface area contributed by atoms with Crippen LogP contribution in [0.5, 0.6) is 0 Å². The molecule has 0 saturated carbocycles. The maximum atomic E-state index is 13.9. The Kier molecular flexibility index (Phi) is 6.52.